The van der Waals surface area contributed by atoms with Gasteiger partial charge in [-0.2, -0.15) is 11.8 Å². The molecule has 1 heterocycles. The van der Waals surface area contributed by atoms with E-state index in [1.807, 2.05) is 59.1 Å². The van der Waals surface area contributed by atoms with Crippen LogP contribution in [0, 0.1) is 0 Å². The molecule has 0 aliphatic carbocycles. The SMILES string of the molecule is COc1ccc(CNC(=O)N2CCS[C@@H](c3ccccc3Cl)CC2)cc1. The first-order valence-electron chi connectivity index (χ1n) is 8.69. The minimum absolute atomic E-state index is 0.0128. The van der Waals surface area contributed by atoms with Crippen LogP contribution in [0.5, 0.6) is 5.75 Å². The molecule has 0 aromatic heterocycles. The van der Waals surface area contributed by atoms with Crippen molar-refractivity contribution in [3.05, 3.63) is 64.7 Å². The van der Waals surface area contributed by atoms with Crippen LogP contribution in [0.2, 0.25) is 5.02 Å². The molecule has 1 N–H and O–H groups in total. The normalized spacial score (nSPS) is 17.5. The monoisotopic (exact) mass is 390 g/mol. The number of amides is 2. The van der Waals surface area contributed by atoms with E-state index in [0.717, 1.165) is 41.6 Å². The summed E-state index contributed by atoms with van der Waals surface area (Å²) in [7, 11) is 1.64. The highest BCUT2D eigenvalue weighted by molar-refractivity contribution is 7.99. The van der Waals surface area contributed by atoms with Crippen LogP contribution in [0.15, 0.2) is 48.5 Å². The average Bonchev–Trinajstić information content (AvgIpc) is 2.93. The van der Waals surface area contributed by atoms with E-state index >= 15 is 0 Å². The lowest BCUT2D eigenvalue weighted by atomic mass is 10.1. The third-order valence-electron chi connectivity index (χ3n) is 4.48. The van der Waals surface area contributed by atoms with E-state index in [2.05, 4.69) is 11.4 Å². The molecule has 0 radical (unpaired) electrons. The van der Waals surface area contributed by atoms with Crippen LogP contribution in [0.3, 0.4) is 0 Å². The van der Waals surface area contributed by atoms with Crippen molar-refractivity contribution < 1.29 is 9.53 Å². The van der Waals surface area contributed by atoms with Crippen LogP contribution in [0.1, 0.15) is 22.8 Å². The molecule has 6 heteroatoms. The van der Waals surface area contributed by atoms with Gasteiger partial charge in [-0.25, -0.2) is 4.79 Å². The van der Waals surface area contributed by atoms with E-state index in [-0.39, 0.29) is 6.03 Å². The Morgan fingerprint density at radius 1 is 1.23 bits per heavy atom. The van der Waals surface area contributed by atoms with Crippen molar-refractivity contribution in [3.8, 4) is 5.75 Å². The number of halogens is 1. The molecule has 1 aliphatic heterocycles. The van der Waals surface area contributed by atoms with Crippen LogP contribution >= 0.6 is 23.4 Å². The minimum atomic E-state index is -0.0128. The molecule has 4 nitrogen and oxygen atoms in total. The van der Waals surface area contributed by atoms with Gasteiger partial charge in [0.15, 0.2) is 0 Å². The summed E-state index contributed by atoms with van der Waals surface area (Å²) in [5.41, 5.74) is 2.22. The second kappa shape index (κ2) is 9.19. The number of hydrogen-bond acceptors (Lipinski definition) is 3. The molecular formula is C20H23ClN2O2S. The minimum Gasteiger partial charge on any atom is -0.497 e. The molecule has 2 amide bonds. The van der Waals surface area contributed by atoms with E-state index in [1.165, 1.54) is 5.56 Å². The van der Waals surface area contributed by atoms with Gasteiger partial charge in [0.05, 0.1) is 7.11 Å². The smallest absolute Gasteiger partial charge is 0.317 e. The summed E-state index contributed by atoms with van der Waals surface area (Å²) in [6.45, 7) is 2.00. The van der Waals surface area contributed by atoms with Crippen LogP contribution in [0.4, 0.5) is 4.79 Å². The predicted molar refractivity (Wildman–Crippen MR) is 108 cm³/mol. The van der Waals surface area contributed by atoms with Crippen LogP contribution in [-0.4, -0.2) is 36.9 Å². The summed E-state index contributed by atoms with van der Waals surface area (Å²) in [5, 5.41) is 4.15. The maximum atomic E-state index is 12.5. The quantitative estimate of drug-likeness (QED) is 0.819. The molecule has 3 rings (SSSR count). The van der Waals surface area contributed by atoms with Crippen molar-refractivity contribution in [1.29, 1.82) is 0 Å². The molecule has 1 atom stereocenters. The Labute approximate surface area is 163 Å². The fraction of sp³-hybridized carbons (Fsp3) is 0.350. The molecule has 2 aromatic rings. The van der Waals surface area contributed by atoms with Crippen molar-refractivity contribution >= 4 is 29.4 Å². The summed E-state index contributed by atoms with van der Waals surface area (Å²) in [5.74, 6) is 1.72. The number of hydrogen-bond donors (Lipinski definition) is 1. The number of carbonyl (C=O) groups is 1. The van der Waals surface area contributed by atoms with E-state index in [1.54, 1.807) is 7.11 Å². The number of benzene rings is 2. The molecule has 0 saturated carbocycles. The Balaban J connectivity index is 1.53. The Morgan fingerprint density at radius 2 is 2.00 bits per heavy atom. The number of nitrogens with zero attached hydrogens (tertiary/aromatic N) is 1. The Kier molecular flexibility index (Phi) is 6.69. The van der Waals surface area contributed by atoms with Gasteiger partial charge in [-0.15, -0.1) is 0 Å². The van der Waals surface area contributed by atoms with Gasteiger partial charge in [-0.3, -0.25) is 0 Å². The number of methoxy groups -OCH3 is 1. The number of thioether (sulfide) groups is 1. The summed E-state index contributed by atoms with van der Waals surface area (Å²) in [6.07, 6.45) is 0.907. The fourth-order valence-corrected chi connectivity index (χ4v) is 4.59. The molecule has 138 valence electrons. The van der Waals surface area contributed by atoms with E-state index in [4.69, 9.17) is 16.3 Å². The highest BCUT2D eigenvalue weighted by Gasteiger charge is 2.23. The first kappa shape index (κ1) is 18.9. The zero-order valence-electron chi connectivity index (χ0n) is 14.8. The molecule has 26 heavy (non-hydrogen) atoms. The van der Waals surface area contributed by atoms with Crippen molar-refractivity contribution in [2.24, 2.45) is 0 Å². The highest BCUT2D eigenvalue weighted by Crippen LogP contribution is 2.37. The van der Waals surface area contributed by atoms with Crippen molar-refractivity contribution in [3.63, 3.8) is 0 Å². The van der Waals surface area contributed by atoms with E-state index < -0.39 is 0 Å². The molecule has 0 spiro atoms. The molecule has 2 aromatic carbocycles. The van der Waals surface area contributed by atoms with Gasteiger partial charge < -0.3 is 15.0 Å². The van der Waals surface area contributed by atoms with Gasteiger partial charge in [0.2, 0.25) is 0 Å². The highest BCUT2D eigenvalue weighted by atomic mass is 35.5. The molecule has 0 unspecified atom stereocenters. The Bertz CT molecular complexity index is 739. The zero-order valence-corrected chi connectivity index (χ0v) is 16.4. The maximum Gasteiger partial charge on any atom is 0.317 e. The molecular weight excluding hydrogens is 368 g/mol. The molecule has 1 fully saturated rings. The van der Waals surface area contributed by atoms with E-state index in [9.17, 15) is 4.79 Å². The second-order valence-corrected chi connectivity index (χ2v) is 7.88. The number of urea groups is 1. The third kappa shape index (κ3) is 4.86. The molecule has 0 bridgehead atoms. The van der Waals surface area contributed by atoms with Gasteiger partial charge in [-0.05, 0) is 35.7 Å². The van der Waals surface area contributed by atoms with Gasteiger partial charge in [0, 0.05) is 35.7 Å². The van der Waals surface area contributed by atoms with Crippen molar-refractivity contribution in [2.45, 2.75) is 18.2 Å². The first-order chi connectivity index (χ1) is 12.7. The van der Waals surface area contributed by atoms with Gasteiger partial charge >= 0.3 is 6.03 Å². The number of rotatable bonds is 4. The van der Waals surface area contributed by atoms with E-state index in [0.29, 0.717) is 11.8 Å². The molecule has 1 aliphatic rings. The lowest BCUT2D eigenvalue weighted by Gasteiger charge is -2.21. The Morgan fingerprint density at radius 3 is 2.73 bits per heavy atom. The number of nitrogens with one attached hydrogen (secondary N) is 1. The summed E-state index contributed by atoms with van der Waals surface area (Å²) in [4.78, 5) is 14.4. The number of ether oxygens (including phenoxy) is 1. The standard InChI is InChI=1S/C20H23ClN2O2S/c1-25-16-8-6-15(7-9-16)14-22-20(24)23-11-10-19(26-13-12-23)17-4-2-3-5-18(17)21/h2-9,19H,10-14H2,1H3,(H,22,24)/t19-/m1/s1. The lowest BCUT2D eigenvalue weighted by Crippen LogP contribution is -2.40. The van der Waals surface area contributed by atoms with Gasteiger partial charge in [-0.1, -0.05) is 41.9 Å². The van der Waals surface area contributed by atoms with Crippen molar-refractivity contribution in [2.75, 3.05) is 26.0 Å². The van der Waals surface area contributed by atoms with Gasteiger partial charge in [0.25, 0.3) is 0 Å². The summed E-state index contributed by atoms with van der Waals surface area (Å²) >= 11 is 8.20. The fourth-order valence-electron chi connectivity index (χ4n) is 2.99. The number of carbonyl (C=O) groups excluding carboxylic acids is 1. The average molecular weight is 391 g/mol. The lowest BCUT2D eigenvalue weighted by molar-refractivity contribution is 0.200. The first-order valence-corrected chi connectivity index (χ1v) is 10.1. The predicted octanol–water partition coefficient (Wildman–Crippen LogP) is 4.74. The second-order valence-electron chi connectivity index (χ2n) is 6.16. The van der Waals surface area contributed by atoms with Gasteiger partial charge in [0.1, 0.15) is 5.75 Å². The van der Waals surface area contributed by atoms with Crippen molar-refractivity contribution in [1.82, 2.24) is 10.2 Å². The largest absolute Gasteiger partial charge is 0.497 e. The van der Waals surface area contributed by atoms with Crippen LogP contribution in [0.25, 0.3) is 0 Å². The summed E-state index contributed by atoms with van der Waals surface area (Å²) in [6, 6.07) is 15.7. The summed E-state index contributed by atoms with van der Waals surface area (Å²) < 4.78 is 5.15. The Hall–Kier alpha value is -1.85. The van der Waals surface area contributed by atoms with Crippen LogP contribution in [-0.2, 0) is 6.54 Å². The third-order valence-corrected chi connectivity index (χ3v) is 6.14. The maximum absolute atomic E-state index is 12.5. The topological polar surface area (TPSA) is 41.6 Å². The van der Waals surface area contributed by atoms with Crippen LogP contribution < -0.4 is 10.1 Å². The molecule has 1 saturated heterocycles. The zero-order chi connectivity index (χ0) is 18.4.